The first-order valence-corrected chi connectivity index (χ1v) is 6.90. The summed E-state index contributed by atoms with van der Waals surface area (Å²) in [6.07, 6.45) is 4.16. The summed E-state index contributed by atoms with van der Waals surface area (Å²) in [5, 5.41) is 3.52. The smallest absolute Gasteiger partial charge is 0.0876 e. The Labute approximate surface area is 111 Å². The Kier molecular flexibility index (Phi) is 4.63. The maximum Gasteiger partial charge on any atom is 0.0876 e. The highest BCUT2D eigenvalue weighted by Crippen LogP contribution is 2.28. The van der Waals surface area contributed by atoms with Gasteiger partial charge in [-0.05, 0) is 42.7 Å². The molecule has 2 rings (SSSR count). The molecular formula is C14H18BrNO. The van der Waals surface area contributed by atoms with Gasteiger partial charge in [-0.25, -0.2) is 0 Å². The lowest BCUT2D eigenvalue weighted by Crippen LogP contribution is -2.24. The van der Waals surface area contributed by atoms with Gasteiger partial charge in [0, 0.05) is 4.47 Å². The van der Waals surface area contributed by atoms with Gasteiger partial charge in [-0.15, -0.1) is 0 Å². The van der Waals surface area contributed by atoms with Gasteiger partial charge in [-0.2, -0.15) is 0 Å². The quantitative estimate of drug-likeness (QED) is 0.912. The summed E-state index contributed by atoms with van der Waals surface area (Å²) < 4.78 is 6.56. The molecule has 0 aliphatic carbocycles. The van der Waals surface area contributed by atoms with Crippen LogP contribution < -0.4 is 5.32 Å². The molecular weight excluding hydrogens is 278 g/mol. The van der Waals surface area contributed by atoms with E-state index in [-0.39, 0.29) is 6.04 Å². The molecule has 0 aromatic heterocycles. The van der Waals surface area contributed by atoms with Crippen molar-refractivity contribution >= 4 is 15.9 Å². The van der Waals surface area contributed by atoms with E-state index in [0.717, 1.165) is 30.5 Å². The molecule has 0 radical (unpaired) electrons. The number of benzene rings is 1. The van der Waals surface area contributed by atoms with Crippen LogP contribution >= 0.6 is 15.9 Å². The van der Waals surface area contributed by atoms with Gasteiger partial charge < -0.3 is 10.1 Å². The van der Waals surface area contributed by atoms with Gasteiger partial charge in [-0.3, -0.25) is 0 Å². The molecule has 0 spiro atoms. The first kappa shape index (κ1) is 12.7. The van der Waals surface area contributed by atoms with E-state index < -0.39 is 0 Å². The number of halogens is 1. The van der Waals surface area contributed by atoms with Crippen LogP contribution in [0.3, 0.4) is 0 Å². The molecule has 92 valence electrons. The van der Waals surface area contributed by atoms with Crippen molar-refractivity contribution in [3.8, 4) is 0 Å². The number of nitrogens with one attached hydrogen (secondary N) is 1. The molecule has 0 amide bonds. The van der Waals surface area contributed by atoms with E-state index >= 15 is 0 Å². The fourth-order valence-corrected chi connectivity index (χ4v) is 2.38. The van der Waals surface area contributed by atoms with Crippen LogP contribution in [0.1, 0.15) is 31.4 Å². The molecule has 0 fully saturated rings. The van der Waals surface area contributed by atoms with Crippen LogP contribution in [-0.4, -0.2) is 13.2 Å². The topological polar surface area (TPSA) is 21.3 Å². The monoisotopic (exact) mass is 295 g/mol. The van der Waals surface area contributed by atoms with Crippen LogP contribution in [0, 0.1) is 0 Å². The lowest BCUT2D eigenvalue weighted by molar-refractivity contribution is 0.219. The van der Waals surface area contributed by atoms with Gasteiger partial charge >= 0.3 is 0 Å². The summed E-state index contributed by atoms with van der Waals surface area (Å²) in [6, 6.07) is 8.78. The first-order valence-electron chi connectivity index (χ1n) is 6.10. The largest absolute Gasteiger partial charge is 0.501 e. The highest BCUT2D eigenvalue weighted by Gasteiger charge is 2.17. The summed E-state index contributed by atoms with van der Waals surface area (Å²) in [5.74, 6) is 0. The summed E-state index contributed by atoms with van der Waals surface area (Å²) in [4.78, 5) is 0. The normalized spacial score (nSPS) is 17.2. The van der Waals surface area contributed by atoms with Crippen molar-refractivity contribution in [3.63, 3.8) is 0 Å². The minimum atomic E-state index is 0.286. The molecule has 17 heavy (non-hydrogen) atoms. The van der Waals surface area contributed by atoms with Crippen molar-refractivity contribution in [1.82, 2.24) is 5.32 Å². The zero-order valence-electron chi connectivity index (χ0n) is 10.1. The maximum atomic E-state index is 5.44. The fourth-order valence-electron chi connectivity index (χ4n) is 2.12. The van der Waals surface area contributed by atoms with Gasteiger partial charge in [-0.1, -0.05) is 35.0 Å². The Morgan fingerprint density at radius 2 is 2.12 bits per heavy atom. The van der Waals surface area contributed by atoms with E-state index in [9.17, 15) is 0 Å². The third-order valence-electron chi connectivity index (χ3n) is 2.94. The average molecular weight is 296 g/mol. The van der Waals surface area contributed by atoms with Crippen molar-refractivity contribution in [2.45, 2.75) is 25.8 Å². The second kappa shape index (κ2) is 6.22. The number of likely N-dealkylation sites (N-methyl/N-ethyl adjacent to an activating group) is 1. The number of hydrogen-bond donors (Lipinski definition) is 1. The standard InChI is InChI=1S/C14H18BrNO/c1-2-16-14(12-4-3-9-17-10-12)11-5-7-13(15)8-6-11/h5-8,10,14,16H,2-4,9H2,1H3. The van der Waals surface area contributed by atoms with Crippen LogP contribution in [-0.2, 0) is 4.74 Å². The van der Waals surface area contributed by atoms with Crippen LogP contribution in [0.25, 0.3) is 0 Å². The van der Waals surface area contributed by atoms with Gasteiger partial charge in [0.1, 0.15) is 0 Å². The fraction of sp³-hybridized carbons (Fsp3) is 0.429. The molecule has 3 heteroatoms. The van der Waals surface area contributed by atoms with Crippen molar-refractivity contribution in [2.24, 2.45) is 0 Å². The molecule has 2 nitrogen and oxygen atoms in total. The molecule has 0 saturated carbocycles. The summed E-state index contributed by atoms with van der Waals surface area (Å²) in [6.45, 7) is 3.94. The van der Waals surface area contributed by atoms with Crippen molar-refractivity contribution in [2.75, 3.05) is 13.2 Å². The molecule has 0 bridgehead atoms. The number of hydrogen-bond acceptors (Lipinski definition) is 2. The first-order chi connectivity index (χ1) is 8.31. The Morgan fingerprint density at radius 3 is 2.71 bits per heavy atom. The Balaban J connectivity index is 2.21. The molecule has 1 atom stereocenters. The molecule has 1 aliphatic rings. The molecule has 1 N–H and O–H groups in total. The molecule has 1 heterocycles. The van der Waals surface area contributed by atoms with E-state index in [2.05, 4.69) is 52.4 Å². The Hall–Kier alpha value is -0.800. The SMILES string of the molecule is CCNC(C1=COCCC1)c1ccc(Br)cc1. The van der Waals surface area contributed by atoms with Crippen molar-refractivity contribution in [1.29, 1.82) is 0 Å². The van der Waals surface area contributed by atoms with E-state index in [1.54, 1.807) is 0 Å². The van der Waals surface area contributed by atoms with Crippen LogP contribution in [0.15, 0.2) is 40.6 Å². The van der Waals surface area contributed by atoms with Gasteiger partial charge in [0.05, 0.1) is 18.9 Å². The lowest BCUT2D eigenvalue weighted by Gasteiger charge is -2.24. The Morgan fingerprint density at radius 1 is 1.35 bits per heavy atom. The molecule has 1 aromatic carbocycles. The van der Waals surface area contributed by atoms with E-state index in [0.29, 0.717) is 0 Å². The predicted octanol–water partition coefficient (Wildman–Crippen LogP) is 3.79. The summed E-state index contributed by atoms with van der Waals surface area (Å²) >= 11 is 3.47. The van der Waals surface area contributed by atoms with Crippen molar-refractivity contribution in [3.05, 3.63) is 46.1 Å². The third kappa shape index (κ3) is 3.33. The number of rotatable bonds is 4. The molecule has 1 aromatic rings. The van der Waals surface area contributed by atoms with Gasteiger partial charge in [0.25, 0.3) is 0 Å². The van der Waals surface area contributed by atoms with Crippen LogP contribution in [0.2, 0.25) is 0 Å². The second-order valence-corrected chi connectivity index (χ2v) is 5.13. The summed E-state index contributed by atoms with van der Waals surface area (Å²) in [7, 11) is 0. The molecule has 1 unspecified atom stereocenters. The minimum Gasteiger partial charge on any atom is -0.501 e. The highest BCUT2D eigenvalue weighted by molar-refractivity contribution is 9.10. The zero-order valence-corrected chi connectivity index (χ0v) is 11.7. The Bertz CT molecular complexity index is 386. The van der Waals surface area contributed by atoms with Crippen LogP contribution in [0.5, 0.6) is 0 Å². The molecule has 1 aliphatic heterocycles. The highest BCUT2D eigenvalue weighted by atomic mass is 79.9. The van der Waals surface area contributed by atoms with E-state index in [1.165, 1.54) is 11.1 Å². The minimum absolute atomic E-state index is 0.286. The molecule has 0 saturated heterocycles. The third-order valence-corrected chi connectivity index (χ3v) is 3.47. The number of ether oxygens (including phenoxy) is 1. The summed E-state index contributed by atoms with van der Waals surface area (Å²) in [5.41, 5.74) is 2.65. The van der Waals surface area contributed by atoms with Gasteiger partial charge in [0.2, 0.25) is 0 Å². The van der Waals surface area contributed by atoms with E-state index in [4.69, 9.17) is 4.74 Å². The van der Waals surface area contributed by atoms with E-state index in [1.807, 2.05) is 6.26 Å². The second-order valence-electron chi connectivity index (χ2n) is 4.21. The van der Waals surface area contributed by atoms with Crippen molar-refractivity contribution < 1.29 is 4.74 Å². The van der Waals surface area contributed by atoms with Crippen LogP contribution in [0.4, 0.5) is 0 Å². The lowest BCUT2D eigenvalue weighted by atomic mass is 9.95. The predicted molar refractivity (Wildman–Crippen MR) is 73.8 cm³/mol. The maximum absolute atomic E-state index is 5.44. The average Bonchev–Trinajstić information content (AvgIpc) is 2.38. The zero-order chi connectivity index (χ0) is 12.1. The van der Waals surface area contributed by atoms with Gasteiger partial charge in [0.15, 0.2) is 0 Å².